The van der Waals surface area contributed by atoms with Crippen molar-refractivity contribution in [1.82, 2.24) is 29.8 Å². The first-order chi connectivity index (χ1) is 12.3. The van der Waals surface area contributed by atoms with Gasteiger partial charge < -0.3 is 4.98 Å². The number of aromatic amines is 1. The van der Waals surface area contributed by atoms with Crippen molar-refractivity contribution in [1.29, 1.82) is 0 Å². The number of hydrogen-bond donors (Lipinski definition) is 1. The van der Waals surface area contributed by atoms with Crippen molar-refractivity contribution < 1.29 is 0 Å². The lowest BCUT2D eigenvalue weighted by Crippen LogP contribution is -2.35. The molecule has 1 unspecified atom stereocenters. The van der Waals surface area contributed by atoms with Crippen LogP contribution in [0, 0.1) is 12.8 Å². The third-order valence-electron chi connectivity index (χ3n) is 4.62. The molecule has 0 radical (unpaired) electrons. The van der Waals surface area contributed by atoms with Gasteiger partial charge >= 0.3 is 0 Å². The molecule has 1 N–H and O–H groups in total. The molecule has 0 saturated carbocycles. The fraction of sp³-hybridized carbons (Fsp3) is 0.444. The standard InChI is InChI=1S/C18H22N6S/c1-13-6-21-18(23-13)17-8-19-15(7-20-17)5-14-3-2-4-24(9-14)10-16-11-25-12-22-16/h6-8,11-12,14H,2-5,9-10H2,1H3,(H,21,23). The Hall–Kier alpha value is -2.12. The fourth-order valence-corrected chi connectivity index (χ4v) is 3.98. The van der Waals surface area contributed by atoms with Crippen molar-refractivity contribution in [3.8, 4) is 11.5 Å². The summed E-state index contributed by atoms with van der Waals surface area (Å²) < 4.78 is 0. The second-order valence-corrected chi connectivity index (χ2v) is 7.45. The SMILES string of the molecule is Cc1cnc(-c2cnc(CC3CCCN(Cc4cscn4)C3)cn2)[nH]1. The number of likely N-dealkylation sites (tertiary alicyclic amines) is 1. The third-order valence-corrected chi connectivity index (χ3v) is 5.26. The highest BCUT2D eigenvalue weighted by Gasteiger charge is 2.21. The molecule has 4 heterocycles. The number of imidazole rings is 1. The Balaban J connectivity index is 1.36. The van der Waals surface area contributed by atoms with Crippen LogP contribution in [0.2, 0.25) is 0 Å². The van der Waals surface area contributed by atoms with Crippen LogP contribution in [0.25, 0.3) is 11.5 Å². The molecule has 1 aliphatic rings. The van der Waals surface area contributed by atoms with Crippen LogP contribution in [0.3, 0.4) is 0 Å². The average Bonchev–Trinajstić information content (AvgIpc) is 3.28. The molecule has 0 amide bonds. The normalized spacial score (nSPS) is 18.5. The van der Waals surface area contributed by atoms with E-state index in [2.05, 4.69) is 35.2 Å². The highest BCUT2D eigenvalue weighted by molar-refractivity contribution is 7.07. The summed E-state index contributed by atoms with van der Waals surface area (Å²) in [5.74, 6) is 1.42. The van der Waals surface area contributed by atoms with E-state index in [0.29, 0.717) is 5.92 Å². The summed E-state index contributed by atoms with van der Waals surface area (Å²) in [4.78, 5) is 23.6. The maximum atomic E-state index is 4.61. The van der Waals surface area contributed by atoms with Gasteiger partial charge in [-0.3, -0.25) is 9.88 Å². The van der Waals surface area contributed by atoms with E-state index >= 15 is 0 Å². The van der Waals surface area contributed by atoms with Crippen LogP contribution in [0.15, 0.2) is 29.5 Å². The lowest BCUT2D eigenvalue weighted by atomic mass is 9.93. The van der Waals surface area contributed by atoms with Crippen LogP contribution in [-0.2, 0) is 13.0 Å². The van der Waals surface area contributed by atoms with E-state index < -0.39 is 0 Å². The van der Waals surface area contributed by atoms with E-state index in [0.717, 1.165) is 49.0 Å². The van der Waals surface area contributed by atoms with Gasteiger partial charge in [0.05, 0.1) is 23.1 Å². The van der Waals surface area contributed by atoms with E-state index in [1.807, 2.05) is 31.0 Å². The van der Waals surface area contributed by atoms with E-state index in [4.69, 9.17) is 0 Å². The number of piperidine rings is 1. The lowest BCUT2D eigenvalue weighted by molar-refractivity contribution is 0.165. The largest absolute Gasteiger partial charge is 0.341 e. The molecular weight excluding hydrogens is 332 g/mol. The van der Waals surface area contributed by atoms with Gasteiger partial charge in [0.1, 0.15) is 5.69 Å². The second kappa shape index (κ2) is 7.41. The topological polar surface area (TPSA) is 70.6 Å². The summed E-state index contributed by atoms with van der Waals surface area (Å²) in [6.07, 6.45) is 9.01. The van der Waals surface area contributed by atoms with Gasteiger partial charge in [0, 0.05) is 36.6 Å². The summed E-state index contributed by atoms with van der Waals surface area (Å²) >= 11 is 1.67. The van der Waals surface area contributed by atoms with Crippen LogP contribution in [-0.4, -0.2) is 42.9 Å². The predicted octanol–water partition coefficient (Wildman–Crippen LogP) is 3.09. The highest BCUT2D eigenvalue weighted by atomic mass is 32.1. The van der Waals surface area contributed by atoms with Crippen molar-refractivity contribution >= 4 is 11.3 Å². The Morgan fingerprint density at radius 2 is 2.12 bits per heavy atom. The van der Waals surface area contributed by atoms with Gasteiger partial charge in [-0.15, -0.1) is 11.3 Å². The molecule has 1 saturated heterocycles. The van der Waals surface area contributed by atoms with Gasteiger partial charge in [0.2, 0.25) is 0 Å². The zero-order valence-corrected chi connectivity index (χ0v) is 15.2. The Bertz CT molecular complexity index is 795. The Kier molecular flexibility index (Phi) is 4.85. The molecule has 3 aromatic rings. The van der Waals surface area contributed by atoms with Crippen LogP contribution in [0.1, 0.15) is 29.9 Å². The van der Waals surface area contributed by atoms with Gasteiger partial charge in [-0.05, 0) is 38.6 Å². The zero-order valence-electron chi connectivity index (χ0n) is 14.4. The van der Waals surface area contributed by atoms with Crippen molar-refractivity contribution in [2.24, 2.45) is 5.92 Å². The van der Waals surface area contributed by atoms with E-state index in [9.17, 15) is 0 Å². The Morgan fingerprint density at radius 3 is 2.84 bits per heavy atom. The predicted molar refractivity (Wildman–Crippen MR) is 98.2 cm³/mol. The first kappa shape index (κ1) is 16.4. The molecule has 6 nitrogen and oxygen atoms in total. The summed E-state index contributed by atoms with van der Waals surface area (Å²) in [6.45, 7) is 5.22. The van der Waals surface area contributed by atoms with Gasteiger partial charge in [0.25, 0.3) is 0 Å². The van der Waals surface area contributed by atoms with Crippen LogP contribution in [0.4, 0.5) is 0 Å². The van der Waals surface area contributed by atoms with Gasteiger partial charge in [-0.2, -0.15) is 0 Å². The molecule has 0 spiro atoms. The van der Waals surface area contributed by atoms with Gasteiger partial charge in [0.15, 0.2) is 5.82 Å². The third kappa shape index (κ3) is 4.11. The molecule has 1 fully saturated rings. The first-order valence-electron chi connectivity index (χ1n) is 8.68. The van der Waals surface area contributed by atoms with Crippen LogP contribution < -0.4 is 0 Å². The summed E-state index contributed by atoms with van der Waals surface area (Å²) in [6, 6.07) is 0. The quantitative estimate of drug-likeness (QED) is 0.762. The smallest absolute Gasteiger partial charge is 0.157 e. The average molecular weight is 354 g/mol. The Labute approximate surface area is 151 Å². The minimum Gasteiger partial charge on any atom is -0.341 e. The number of rotatable bonds is 5. The highest BCUT2D eigenvalue weighted by Crippen LogP contribution is 2.22. The maximum absolute atomic E-state index is 4.61. The number of nitrogens with one attached hydrogen (secondary N) is 1. The molecule has 130 valence electrons. The lowest BCUT2D eigenvalue weighted by Gasteiger charge is -2.32. The van der Waals surface area contributed by atoms with Gasteiger partial charge in [-0.25, -0.2) is 15.0 Å². The van der Waals surface area contributed by atoms with Crippen molar-refractivity contribution in [3.05, 3.63) is 46.6 Å². The van der Waals surface area contributed by atoms with E-state index in [1.165, 1.54) is 18.5 Å². The number of thiazole rings is 1. The maximum Gasteiger partial charge on any atom is 0.157 e. The molecule has 4 rings (SSSR count). The number of hydrogen-bond acceptors (Lipinski definition) is 6. The van der Waals surface area contributed by atoms with Crippen molar-refractivity contribution in [2.45, 2.75) is 32.7 Å². The number of H-pyrrole nitrogens is 1. The molecular formula is C18H22N6S. The molecule has 0 aromatic carbocycles. The van der Waals surface area contributed by atoms with Crippen LogP contribution in [0.5, 0.6) is 0 Å². The van der Waals surface area contributed by atoms with E-state index in [1.54, 1.807) is 11.3 Å². The number of aryl methyl sites for hydroxylation is 1. The molecule has 1 atom stereocenters. The summed E-state index contributed by atoms with van der Waals surface area (Å²) in [5, 5.41) is 2.14. The molecule has 1 aliphatic heterocycles. The number of aromatic nitrogens is 5. The first-order valence-corrected chi connectivity index (χ1v) is 9.63. The Morgan fingerprint density at radius 1 is 1.16 bits per heavy atom. The van der Waals surface area contributed by atoms with Crippen LogP contribution >= 0.6 is 11.3 Å². The fourth-order valence-electron chi connectivity index (χ4n) is 3.43. The van der Waals surface area contributed by atoms with E-state index in [-0.39, 0.29) is 0 Å². The summed E-state index contributed by atoms with van der Waals surface area (Å²) in [7, 11) is 0. The number of nitrogens with zero attached hydrogens (tertiary/aromatic N) is 5. The molecule has 25 heavy (non-hydrogen) atoms. The summed E-state index contributed by atoms with van der Waals surface area (Å²) in [5.41, 5.74) is 5.99. The molecule has 3 aromatic heterocycles. The minimum absolute atomic E-state index is 0.637. The van der Waals surface area contributed by atoms with Crippen molar-refractivity contribution in [3.63, 3.8) is 0 Å². The monoisotopic (exact) mass is 354 g/mol. The van der Waals surface area contributed by atoms with Gasteiger partial charge in [-0.1, -0.05) is 0 Å². The second-order valence-electron chi connectivity index (χ2n) is 6.74. The van der Waals surface area contributed by atoms with Crippen molar-refractivity contribution in [2.75, 3.05) is 13.1 Å². The molecule has 7 heteroatoms. The zero-order chi connectivity index (χ0) is 17.1. The molecule has 0 aliphatic carbocycles. The minimum atomic E-state index is 0.637. The molecule has 0 bridgehead atoms.